The number of amides is 1. The minimum Gasteiger partial charge on any atom is -0.487 e. The van der Waals surface area contributed by atoms with Gasteiger partial charge < -0.3 is 14.4 Å². The van der Waals surface area contributed by atoms with Gasteiger partial charge in [0.2, 0.25) is 0 Å². The van der Waals surface area contributed by atoms with Gasteiger partial charge in [-0.25, -0.2) is 4.39 Å². The van der Waals surface area contributed by atoms with Crippen molar-refractivity contribution in [2.45, 2.75) is 19.1 Å². The molecule has 1 aliphatic rings. The van der Waals surface area contributed by atoms with Gasteiger partial charge in [-0.05, 0) is 24.6 Å². The number of hydrogen-bond acceptors (Lipinski definition) is 4. The molecular weight excluding hydrogens is 301 g/mol. The molecule has 1 saturated heterocycles. The molecule has 1 fully saturated rings. The van der Waals surface area contributed by atoms with Crippen molar-refractivity contribution in [1.82, 2.24) is 15.1 Å². The monoisotopic (exact) mass is 319 g/mol. The van der Waals surface area contributed by atoms with Gasteiger partial charge in [0, 0.05) is 19.7 Å². The molecule has 0 aliphatic carbocycles. The van der Waals surface area contributed by atoms with E-state index in [0.29, 0.717) is 30.4 Å². The first-order chi connectivity index (χ1) is 11.1. The number of H-pyrrole nitrogens is 1. The molecule has 1 N–H and O–H groups in total. The molecule has 1 aliphatic heterocycles. The number of nitrogens with one attached hydrogen (secondary N) is 1. The Bertz CT molecular complexity index is 683. The molecule has 0 radical (unpaired) electrons. The number of ether oxygens (including phenoxy) is 2. The first-order valence-electron chi connectivity index (χ1n) is 7.41. The summed E-state index contributed by atoms with van der Waals surface area (Å²) in [6.45, 7) is 1.41. The lowest BCUT2D eigenvalue weighted by molar-refractivity contribution is 0.0705. The van der Waals surface area contributed by atoms with Crippen LogP contribution in [0.5, 0.6) is 5.75 Å². The van der Waals surface area contributed by atoms with E-state index in [9.17, 15) is 9.18 Å². The molecule has 6 nitrogen and oxygen atoms in total. The van der Waals surface area contributed by atoms with Crippen molar-refractivity contribution in [2.24, 2.45) is 0 Å². The Hall–Kier alpha value is -2.41. The molecule has 3 rings (SSSR count). The van der Waals surface area contributed by atoms with E-state index >= 15 is 0 Å². The molecule has 1 amide bonds. The average molecular weight is 319 g/mol. The highest BCUT2D eigenvalue weighted by Crippen LogP contribution is 2.16. The summed E-state index contributed by atoms with van der Waals surface area (Å²) in [7, 11) is 1.75. The van der Waals surface area contributed by atoms with Gasteiger partial charge in [0.25, 0.3) is 5.91 Å². The Morgan fingerprint density at radius 1 is 1.52 bits per heavy atom. The van der Waals surface area contributed by atoms with Crippen molar-refractivity contribution in [1.29, 1.82) is 0 Å². The summed E-state index contributed by atoms with van der Waals surface area (Å²) in [5.41, 5.74) is 0.978. The number of rotatable bonds is 5. The minimum atomic E-state index is -0.358. The second kappa shape index (κ2) is 6.78. The summed E-state index contributed by atoms with van der Waals surface area (Å²) in [4.78, 5) is 14.0. The van der Waals surface area contributed by atoms with Crippen LogP contribution in [0.3, 0.4) is 0 Å². The average Bonchev–Trinajstić information content (AvgIpc) is 3.23. The minimum absolute atomic E-state index is 0.0891. The number of aromatic nitrogens is 2. The molecule has 0 saturated carbocycles. The lowest BCUT2D eigenvalue weighted by Crippen LogP contribution is -2.37. The number of hydrogen-bond donors (Lipinski definition) is 1. The van der Waals surface area contributed by atoms with E-state index in [1.807, 2.05) is 0 Å². The van der Waals surface area contributed by atoms with E-state index in [1.165, 1.54) is 12.1 Å². The summed E-state index contributed by atoms with van der Waals surface area (Å²) in [5.74, 6) is -0.0927. The van der Waals surface area contributed by atoms with E-state index in [-0.39, 0.29) is 24.4 Å². The van der Waals surface area contributed by atoms with Crippen molar-refractivity contribution >= 4 is 5.91 Å². The smallest absolute Gasteiger partial charge is 0.274 e. The third-order valence-electron chi connectivity index (χ3n) is 3.81. The predicted molar refractivity (Wildman–Crippen MR) is 80.6 cm³/mol. The van der Waals surface area contributed by atoms with E-state index in [2.05, 4.69) is 10.2 Å². The Balaban J connectivity index is 1.60. The topological polar surface area (TPSA) is 67.5 Å². The number of benzene rings is 1. The summed E-state index contributed by atoms with van der Waals surface area (Å²) in [6.07, 6.45) is 0.836. The van der Waals surface area contributed by atoms with Gasteiger partial charge in [-0.1, -0.05) is 6.07 Å². The van der Waals surface area contributed by atoms with Crippen LogP contribution in [0.4, 0.5) is 4.39 Å². The molecule has 0 spiro atoms. The molecule has 23 heavy (non-hydrogen) atoms. The number of carbonyl (C=O) groups is 1. The van der Waals surface area contributed by atoms with Gasteiger partial charge in [0.1, 0.15) is 18.2 Å². The number of carbonyl (C=O) groups excluding carboxylic acids is 1. The second-order valence-electron chi connectivity index (χ2n) is 5.46. The lowest BCUT2D eigenvalue weighted by atomic mass is 10.2. The maximum Gasteiger partial charge on any atom is 0.274 e. The molecule has 7 heteroatoms. The Labute approximate surface area is 133 Å². The normalized spacial score (nSPS) is 17.2. The van der Waals surface area contributed by atoms with E-state index in [0.717, 1.165) is 6.42 Å². The number of halogens is 1. The largest absolute Gasteiger partial charge is 0.487 e. The highest BCUT2D eigenvalue weighted by Gasteiger charge is 2.26. The first kappa shape index (κ1) is 15.5. The molecule has 1 aromatic heterocycles. The van der Waals surface area contributed by atoms with Crippen LogP contribution >= 0.6 is 0 Å². The van der Waals surface area contributed by atoms with Crippen LogP contribution < -0.4 is 4.74 Å². The van der Waals surface area contributed by atoms with Crippen LogP contribution in [0.15, 0.2) is 30.3 Å². The highest BCUT2D eigenvalue weighted by molar-refractivity contribution is 5.92. The molecule has 122 valence electrons. The lowest BCUT2D eigenvalue weighted by Gasteiger charge is -2.21. The molecule has 2 heterocycles. The molecule has 1 atom stereocenters. The van der Waals surface area contributed by atoms with Crippen molar-refractivity contribution in [3.05, 3.63) is 47.5 Å². The Morgan fingerprint density at radius 3 is 3.13 bits per heavy atom. The molecular formula is C16H18FN3O3. The van der Waals surface area contributed by atoms with Gasteiger partial charge in [0.05, 0.1) is 18.3 Å². The Kier molecular flexibility index (Phi) is 4.57. The van der Waals surface area contributed by atoms with Crippen LogP contribution in [-0.4, -0.2) is 47.3 Å². The van der Waals surface area contributed by atoms with Gasteiger partial charge >= 0.3 is 0 Å². The predicted octanol–water partition coefficient (Wildman–Crippen LogP) is 1.99. The van der Waals surface area contributed by atoms with Crippen LogP contribution in [0.2, 0.25) is 0 Å². The summed E-state index contributed by atoms with van der Waals surface area (Å²) in [5, 5.41) is 6.80. The van der Waals surface area contributed by atoms with Crippen LogP contribution in [0.1, 0.15) is 22.6 Å². The van der Waals surface area contributed by atoms with Gasteiger partial charge in [0.15, 0.2) is 5.69 Å². The zero-order chi connectivity index (χ0) is 16.2. The molecule has 1 aromatic carbocycles. The SMILES string of the molecule is CN(C(=O)c1cc(COc2cccc(F)c2)[nH]n1)C1CCOC1. The third kappa shape index (κ3) is 3.68. The standard InChI is InChI=1S/C16H18FN3O3/c1-20(13-5-6-22-10-13)16(21)15-8-12(18-19-15)9-23-14-4-2-3-11(17)7-14/h2-4,7-8,13H,5-6,9-10H2,1H3,(H,18,19). The van der Waals surface area contributed by atoms with Crippen molar-refractivity contribution in [3.63, 3.8) is 0 Å². The zero-order valence-electron chi connectivity index (χ0n) is 12.8. The number of aromatic amines is 1. The van der Waals surface area contributed by atoms with Gasteiger partial charge in [-0.3, -0.25) is 9.89 Å². The van der Waals surface area contributed by atoms with E-state index in [4.69, 9.17) is 9.47 Å². The third-order valence-corrected chi connectivity index (χ3v) is 3.81. The Morgan fingerprint density at radius 2 is 2.39 bits per heavy atom. The van der Waals surface area contributed by atoms with Crippen LogP contribution in [-0.2, 0) is 11.3 Å². The van der Waals surface area contributed by atoms with Gasteiger partial charge in [-0.15, -0.1) is 0 Å². The van der Waals surface area contributed by atoms with Crippen molar-refractivity contribution < 1.29 is 18.7 Å². The fraction of sp³-hybridized carbons (Fsp3) is 0.375. The van der Waals surface area contributed by atoms with Gasteiger partial charge in [-0.2, -0.15) is 5.10 Å². The van der Waals surface area contributed by atoms with E-state index in [1.54, 1.807) is 30.1 Å². The molecule has 2 aromatic rings. The first-order valence-corrected chi connectivity index (χ1v) is 7.41. The van der Waals surface area contributed by atoms with Crippen LogP contribution in [0.25, 0.3) is 0 Å². The summed E-state index contributed by atoms with van der Waals surface area (Å²) in [6, 6.07) is 7.63. The second-order valence-corrected chi connectivity index (χ2v) is 5.46. The van der Waals surface area contributed by atoms with Crippen molar-refractivity contribution in [2.75, 3.05) is 20.3 Å². The molecule has 0 bridgehead atoms. The number of nitrogens with zero attached hydrogens (tertiary/aromatic N) is 2. The summed E-state index contributed by atoms with van der Waals surface area (Å²) >= 11 is 0. The fourth-order valence-electron chi connectivity index (χ4n) is 2.44. The number of likely N-dealkylation sites (N-methyl/N-ethyl adjacent to an activating group) is 1. The fourth-order valence-corrected chi connectivity index (χ4v) is 2.44. The summed E-state index contributed by atoms with van der Waals surface area (Å²) < 4.78 is 23.8. The highest BCUT2D eigenvalue weighted by atomic mass is 19.1. The quantitative estimate of drug-likeness (QED) is 0.915. The van der Waals surface area contributed by atoms with Crippen molar-refractivity contribution in [3.8, 4) is 5.75 Å². The maximum atomic E-state index is 13.1. The zero-order valence-corrected chi connectivity index (χ0v) is 12.8. The van der Waals surface area contributed by atoms with Crippen LogP contribution in [0, 0.1) is 5.82 Å². The maximum absolute atomic E-state index is 13.1. The molecule has 1 unspecified atom stereocenters. The van der Waals surface area contributed by atoms with E-state index < -0.39 is 0 Å².